The van der Waals surface area contributed by atoms with E-state index in [9.17, 15) is 4.79 Å². The van der Waals surface area contributed by atoms with Gasteiger partial charge in [-0.2, -0.15) is 0 Å². The second kappa shape index (κ2) is 8.13. The molecule has 0 radical (unpaired) electrons. The topological polar surface area (TPSA) is 50.8 Å². The fraction of sp³-hybridized carbons (Fsp3) is 0.435. The van der Waals surface area contributed by atoms with Gasteiger partial charge in [-0.05, 0) is 68.1 Å². The molecule has 1 aliphatic carbocycles. The van der Waals surface area contributed by atoms with Crippen LogP contribution in [0, 0.1) is 0 Å². The van der Waals surface area contributed by atoms with E-state index in [2.05, 4.69) is 34.5 Å². The lowest BCUT2D eigenvalue weighted by atomic mass is 9.96. The van der Waals surface area contributed by atoms with Crippen molar-refractivity contribution in [2.45, 2.75) is 51.4 Å². The molecular weight excluding hydrogens is 352 g/mol. The first-order valence-electron chi connectivity index (χ1n) is 10.1. The van der Waals surface area contributed by atoms with Crippen molar-refractivity contribution in [1.29, 1.82) is 0 Å². The van der Waals surface area contributed by atoms with E-state index in [4.69, 9.17) is 9.47 Å². The molecule has 1 heterocycles. The van der Waals surface area contributed by atoms with Crippen LogP contribution in [0.3, 0.4) is 0 Å². The second-order valence-electron chi connectivity index (χ2n) is 7.80. The molecule has 1 atom stereocenters. The van der Waals surface area contributed by atoms with Gasteiger partial charge in [0, 0.05) is 12.6 Å². The van der Waals surface area contributed by atoms with Crippen LogP contribution >= 0.6 is 0 Å². The third-order valence-electron chi connectivity index (χ3n) is 5.51. The van der Waals surface area contributed by atoms with Crippen molar-refractivity contribution in [3.63, 3.8) is 0 Å². The predicted molar refractivity (Wildman–Crippen MR) is 110 cm³/mol. The number of carbonyl (C=O) groups is 1. The van der Waals surface area contributed by atoms with E-state index < -0.39 is 0 Å². The zero-order valence-corrected chi connectivity index (χ0v) is 16.6. The molecule has 1 N–H and O–H groups in total. The molecule has 2 fully saturated rings. The van der Waals surface area contributed by atoms with Gasteiger partial charge in [0.25, 0.3) is 0 Å². The highest BCUT2D eigenvalue weighted by Crippen LogP contribution is 2.28. The Kier molecular flexibility index (Phi) is 5.42. The summed E-state index contributed by atoms with van der Waals surface area (Å²) in [5.74, 6) is 1.81. The Morgan fingerprint density at radius 3 is 2.04 bits per heavy atom. The molecule has 2 aromatic carbocycles. The van der Waals surface area contributed by atoms with Crippen molar-refractivity contribution in [1.82, 2.24) is 5.32 Å². The molecular formula is C23H28N2O3. The monoisotopic (exact) mass is 380 g/mol. The van der Waals surface area contributed by atoms with E-state index in [0.717, 1.165) is 30.2 Å². The number of amides is 1. The summed E-state index contributed by atoms with van der Waals surface area (Å²) in [5, 5.41) is 2.91. The number of rotatable bonds is 7. The summed E-state index contributed by atoms with van der Waals surface area (Å²) >= 11 is 0. The van der Waals surface area contributed by atoms with Crippen LogP contribution < -0.4 is 19.7 Å². The summed E-state index contributed by atoms with van der Waals surface area (Å²) in [7, 11) is 0. The molecule has 0 unspecified atom stereocenters. The summed E-state index contributed by atoms with van der Waals surface area (Å²) in [6.07, 6.45) is 4.23. The first kappa shape index (κ1) is 18.7. The van der Waals surface area contributed by atoms with Gasteiger partial charge in [-0.3, -0.25) is 4.79 Å². The fourth-order valence-corrected chi connectivity index (χ4v) is 3.56. The number of ether oxygens (including phenoxy) is 2. The zero-order valence-electron chi connectivity index (χ0n) is 16.6. The number of anilines is 1. The maximum Gasteiger partial charge on any atom is 0.217 e. The minimum atomic E-state index is -0.0121. The first-order valence-corrected chi connectivity index (χ1v) is 10.1. The van der Waals surface area contributed by atoms with Crippen molar-refractivity contribution < 1.29 is 14.3 Å². The van der Waals surface area contributed by atoms with Crippen molar-refractivity contribution in [2.24, 2.45) is 0 Å². The molecule has 1 saturated carbocycles. The molecule has 0 bridgehead atoms. The maximum absolute atomic E-state index is 11.2. The summed E-state index contributed by atoms with van der Waals surface area (Å²) < 4.78 is 11.9. The SMILES string of the molecule is CC(=O)N[C@@H](C)c1ccc(N2CC(Oc3ccc(OC4CCC4)cc3)C2)cc1. The Bertz CT molecular complexity index is 794. The molecule has 0 aromatic heterocycles. The molecule has 148 valence electrons. The van der Waals surface area contributed by atoms with Gasteiger partial charge in [0.2, 0.25) is 5.91 Å². The Balaban J connectivity index is 1.24. The van der Waals surface area contributed by atoms with E-state index in [1.165, 1.54) is 24.9 Å². The number of carbonyl (C=O) groups excluding carboxylic acids is 1. The van der Waals surface area contributed by atoms with E-state index in [-0.39, 0.29) is 18.1 Å². The third-order valence-corrected chi connectivity index (χ3v) is 5.51. The van der Waals surface area contributed by atoms with Gasteiger partial charge in [0.1, 0.15) is 17.6 Å². The van der Waals surface area contributed by atoms with Crippen LogP contribution in [0.2, 0.25) is 0 Å². The number of nitrogens with zero attached hydrogens (tertiary/aromatic N) is 1. The highest BCUT2D eigenvalue weighted by atomic mass is 16.5. The van der Waals surface area contributed by atoms with E-state index in [0.29, 0.717) is 6.10 Å². The van der Waals surface area contributed by atoms with Crippen LogP contribution in [-0.4, -0.2) is 31.2 Å². The minimum Gasteiger partial charge on any atom is -0.490 e. The Hall–Kier alpha value is -2.69. The molecule has 5 nitrogen and oxygen atoms in total. The molecule has 1 aliphatic heterocycles. The lowest BCUT2D eigenvalue weighted by Gasteiger charge is -2.40. The van der Waals surface area contributed by atoms with Crippen LogP contribution in [0.25, 0.3) is 0 Å². The highest BCUT2D eigenvalue weighted by Gasteiger charge is 2.28. The number of hydrogen-bond donors (Lipinski definition) is 1. The van der Waals surface area contributed by atoms with E-state index in [1.807, 2.05) is 31.2 Å². The van der Waals surface area contributed by atoms with Gasteiger partial charge in [0.05, 0.1) is 25.2 Å². The molecule has 2 aromatic rings. The van der Waals surface area contributed by atoms with Gasteiger partial charge >= 0.3 is 0 Å². The molecule has 1 amide bonds. The lowest BCUT2D eigenvalue weighted by Crippen LogP contribution is -2.54. The fourth-order valence-electron chi connectivity index (χ4n) is 3.56. The summed E-state index contributed by atoms with van der Waals surface area (Å²) in [6, 6.07) is 16.4. The smallest absolute Gasteiger partial charge is 0.217 e. The van der Waals surface area contributed by atoms with Crippen LogP contribution in [0.5, 0.6) is 11.5 Å². The second-order valence-corrected chi connectivity index (χ2v) is 7.80. The van der Waals surface area contributed by atoms with Crippen molar-refractivity contribution >= 4 is 11.6 Å². The normalized spacial score (nSPS) is 18.0. The average Bonchev–Trinajstić information content (AvgIpc) is 2.61. The summed E-state index contributed by atoms with van der Waals surface area (Å²) in [6.45, 7) is 5.29. The molecule has 5 heteroatoms. The molecule has 2 aliphatic rings. The lowest BCUT2D eigenvalue weighted by molar-refractivity contribution is -0.119. The molecule has 28 heavy (non-hydrogen) atoms. The Morgan fingerprint density at radius 1 is 0.964 bits per heavy atom. The minimum absolute atomic E-state index is 0.0121. The number of benzene rings is 2. The van der Waals surface area contributed by atoms with Gasteiger partial charge in [-0.25, -0.2) is 0 Å². The highest BCUT2D eigenvalue weighted by molar-refractivity contribution is 5.73. The van der Waals surface area contributed by atoms with Gasteiger partial charge in [-0.1, -0.05) is 12.1 Å². The predicted octanol–water partition coefficient (Wildman–Crippen LogP) is 4.08. The molecule has 4 rings (SSSR count). The van der Waals surface area contributed by atoms with Crippen LogP contribution in [0.15, 0.2) is 48.5 Å². The van der Waals surface area contributed by atoms with Crippen molar-refractivity contribution in [2.75, 3.05) is 18.0 Å². The Labute approximate surface area is 166 Å². The average molecular weight is 380 g/mol. The van der Waals surface area contributed by atoms with Crippen LogP contribution in [-0.2, 0) is 4.79 Å². The Morgan fingerprint density at radius 2 is 1.54 bits per heavy atom. The number of hydrogen-bond acceptors (Lipinski definition) is 4. The molecule has 1 saturated heterocycles. The van der Waals surface area contributed by atoms with Crippen LogP contribution in [0.4, 0.5) is 5.69 Å². The quantitative estimate of drug-likeness (QED) is 0.786. The largest absolute Gasteiger partial charge is 0.490 e. The number of nitrogens with one attached hydrogen (secondary N) is 1. The zero-order chi connectivity index (χ0) is 19.5. The maximum atomic E-state index is 11.2. The van der Waals surface area contributed by atoms with E-state index in [1.54, 1.807) is 6.92 Å². The van der Waals surface area contributed by atoms with E-state index >= 15 is 0 Å². The van der Waals surface area contributed by atoms with Gasteiger partial charge in [0.15, 0.2) is 0 Å². The first-order chi connectivity index (χ1) is 13.6. The summed E-state index contributed by atoms with van der Waals surface area (Å²) in [5.41, 5.74) is 2.29. The molecule has 0 spiro atoms. The van der Waals surface area contributed by atoms with Gasteiger partial charge < -0.3 is 19.7 Å². The third kappa shape index (κ3) is 4.41. The van der Waals surface area contributed by atoms with Crippen molar-refractivity contribution in [3.8, 4) is 11.5 Å². The van der Waals surface area contributed by atoms with Crippen molar-refractivity contribution in [3.05, 3.63) is 54.1 Å². The standard InChI is InChI=1S/C23H28N2O3/c1-16(24-17(2)26)18-6-8-19(9-7-18)25-14-23(15-25)28-22-12-10-21(11-13-22)27-20-4-3-5-20/h6-13,16,20,23H,3-5,14-15H2,1-2H3,(H,24,26)/t16-/m0/s1. The summed E-state index contributed by atoms with van der Waals surface area (Å²) in [4.78, 5) is 13.5. The van der Waals surface area contributed by atoms with Crippen LogP contribution in [0.1, 0.15) is 44.7 Å². The van der Waals surface area contributed by atoms with Gasteiger partial charge in [-0.15, -0.1) is 0 Å².